The average Bonchev–Trinajstić information content (AvgIpc) is 2.74. The third kappa shape index (κ3) is 2.77. The second-order valence-electron chi connectivity index (χ2n) is 4.50. The normalized spacial score (nSPS) is 21.5. The molecular weight excluding hydrogens is 200 g/mol. The van der Waals surface area contributed by atoms with E-state index in [0.29, 0.717) is 5.92 Å². The number of aromatic nitrogens is 2. The number of hydrogen-bond acceptors (Lipinski definition) is 4. The molecule has 2 heterocycles. The first kappa shape index (κ1) is 11.5. The Balaban J connectivity index is 2.04. The van der Waals surface area contributed by atoms with Crippen molar-refractivity contribution in [3.05, 3.63) is 23.8 Å². The molecule has 88 valence electrons. The van der Waals surface area contributed by atoms with E-state index in [1.54, 1.807) is 0 Å². The van der Waals surface area contributed by atoms with Crippen LogP contribution in [0.1, 0.15) is 23.9 Å². The number of likely N-dealkylation sites (N-methyl/N-ethyl adjacent to an activating group) is 2. The minimum atomic E-state index is 0.598. The van der Waals surface area contributed by atoms with Crippen molar-refractivity contribution in [2.45, 2.75) is 18.8 Å². The molecule has 1 aromatic heterocycles. The van der Waals surface area contributed by atoms with Crippen molar-refractivity contribution in [3.63, 3.8) is 0 Å². The smallest absolute Gasteiger partial charge is 0.129 e. The minimum absolute atomic E-state index is 0.598. The van der Waals surface area contributed by atoms with Gasteiger partial charge < -0.3 is 10.2 Å². The van der Waals surface area contributed by atoms with E-state index in [-0.39, 0.29) is 0 Å². The predicted molar refractivity (Wildman–Crippen MR) is 64.5 cm³/mol. The fourth-order valence-corrected chi connectivity index (χ4v) is 2.18. The van der Waals surface area contributed by atoms with Crippen LogP contribution in [0.4, 0.5) is 0 Å². The Morgan fingerprint density at radius 2 is 2.44 bits per heavy atom. The van der Waals surface area contributed by atoms with Crippen molar-refractivity contribution < 1.29 is 0 Å². The highest BCUT2D eigenvalue weighted by Gasteiger charge is 2.22. The van der Waals surface area contributed by atoms with E-state index in [2.05, 4.69) is 33.3 Å². The topological polar surface area (TPSA) is 41.1 Å². The van der Waals surface area contributed by atoms with Gasteiger partial charge in [-0.3, -0.25) is 0 Å². The maximum Gasteiger partial charge on any atom is 0.129 e. The summed E-state index contributed by atoms with van der Waals surface area (Å²) in [6, 6.07) is 2.06. The summed E-state index contributed by atoms with van der Waals surface area (Å²) in [5, 5.41) is 3.12. The summed E-state index contributed by atoms with van der Waals surface area (Å²) >= 11 is 0. The van der Waals surface area contributed by atoms with Crippen LogP contribution >= 0.6 is 0 Å². The third-order valence-corrected chi connectivity index (χ3v) is 3.14. The van der Waals surface area contributed by atoms with Crippen molar-refractivity contribution in [1.82, 2.24) is 20.2 Å². The van der Waals surface area contributed by atoms with Gasteiger partial charge in [0, 0.05) is 37.3 Å². The van der Waals surface area contributed by atoms with Crippen LogP contribution in [0.5, 0.6) is 0 Å². The van der Waals surface area contributed by atoms with Gasteiger partial charge in [0.15, 0.2) is 0 Å². The van der Waals surface area contributed by atoms with Gasteiger partial charge in [0.25, 0.3) is 0 Å². The molecule has 0 aliphatic carbocycles. The summed E-state index contributed by atoms with van der Waals surface area (Å²) in [6.07, 6.45) is 4.03. The molecule has 4 nitrogen and oxygen atoms in total. The van der Waals surface area contributed by atoms with Crippen LogP contribution in [0.25, 0.3) is 0 Å². The van der Waals surface area contributed by atoms with Crippen LogP contribution in [-0.4, -0.2) is 48.6 Å². The molecule has 0 radical (unpaired) electrons. The molecule has 0 bridgehead atoms. The second-order valence-corrected chi connectivity index (χ2v) is 4.50. The first-order chi connectivity index (χ1) is 7.79. The van der Waals surface area contributed by atoms with Crippen LogP contribution in [-0.2, 0) is 6.42 Å². The summed E-state index contributed by atoms with van der Waals surface area (Å²) in [7, 11) is 4.12. The molecule has 16 heavy (non-hydrogen) atoms. The quantitative estimate of drug-likeness (QED) is 0.809. The van der Waals surface area contributed by atoms with E-state index in [0.717, 1.165) is 25.3 Å². The molecule has 1 unspecified atom stereocenters. The lowest BCUT2D eigenvalue weighted by molar-refractivity contribution is 0.410. The van der Waals surface area contributed by atoms with Crippen LogP contribution in [0.3, 0.4) is 0 Å². The van der Waals surface area contributed by atoms with Crippen LogP contribution in [0, 0.1) is 0 Å². The van der Waals surface area contributed by atoms with Crippen LogP contribution in [0.15, 0.2) is 12.3 Å². The van der Waals surface area contributed by atoms with Gasteiger partial charge >= 0.3 is 0 Å². The first-order valence-corrected chi connectivity index (χ1v) is 5.94. The van der Waals surface area contributed by atoms with E-state index >= 15 is 0 Å². The number of likely N-dealkylation sites (tertiary alicyclic amines) is 1. The Morgan fingerprint density at radius 3 is 3.12 bits per heavy atom. The van der Waals surface area contributed by atoms with Crippen molar-refractivity contribution in [2.75, 3.05) is 33.7 Å². The van der Waals surface area contributed by atoms with E-state index in [1.165, 1.54) is 18.7 Å². The summed E-state index contributed by atoms with van der Waals surface area (Å²) < 4.78 is 0. The lowest BCUT2D eigenvalue weighted by atomic mass is 10.0. The van der Waals surface area contributed by atoms with Crippen molar-refractivity contribution in [2.24, 2.45) is 0 Å². The molecule has 1 aromatic rings. The maximum absolute atomic E-state index is 4.65. The van der Waals surface area contributed by atoms with Gasteiger partial charge in [0.1, 0.15) is 5.82 Å². The van der Waals surface area contributed by atoms with Crippen LogP contribution < -0.4 is 5.32 Å². The number of nitrogens with one attached hydrogen (secondary N) is 1. The highest BCUT2D eigenvalue weighted by molar-refractivity contribution is 5.11. The largest absolute Gasteiger partial charge is 0.319 e. The highest BCUT2D eigenvalue weighted by Crippen LogP contribution is 2.24. The predicted octanol–water partition coefficient (Wildman–Crippen LogP) is 0.658. The standard InChI is InChI=1S/C12H20N4/c1-13-6-4-12-14-7-3-11(15-12)10-5-8-16(2)9-10/h3,7,10,13H,4-6,8-9H2,1-2H3. The summed E-state index contributed by atoms with van der Waals surface area (Å²) in [6.45, 7) is 3.25. The van der Waals surface area contributed by atoms with Gasteiger partial charge in [-0.15, -0.1) is 0 Å². The molecule has 1 aliphatic rings. The molecule has 0 aromatic carbocycles. The van der Waals surface area contributed by atoms with Crippen molar-refractivity contribution >= 4 is 0 Å². The Morgan fingerprint density at radius 1 is 1.56 bits per heavy atom. The van der Waals surface area contributed by atoms with E-state index < -0.39 is 0 Å². The van der Waals surface area contributed by atoms with E-state index in [9.17, 15) is 0 Å². The zero-order valence-electron chi connectivity index (χ0n) is 10.1. The van der Waals surface area contributed by atoms with Gasteiger partial charge in [-0.05, 0) is 33.1 Å². The van der Waals surface area contributed by atoms with Crippen molar-refractivity contribution in [3.8, 4) is 0 Å². The molecule has 1 N–H and O–H groups in total. The number of rotatable bonds is 4. The molecule has 0 amide bonds. The lowest BCUT2D eigenvalue weighted by Crippen LogP contribution is -2.15. The molecule has 1 aliphatic heterocycles. The molecule has 2 rings (SSSR count). The summed E-state index contributed by atoms with van der Waals surface area (Å²) in [5.41, 5.74) is 1.21. The fourth-order valence-electron chi connectivity index (χ4n) is 2.18. The molecule has 0 saturated carbocycles. The SMILES string of the molecule is CNCCc1nccc(C2CCN(C)C2)n1. The zero-order valence-corrected chi connectivity index (χ0v) is 10.1. The third-order valence-electron chi connectivity index (χ3n) is 3.14. The zero-order chi connectivity index (χ0) is 11.4. The fraction of sp³-hybridized carbons (Fsp3) is 0.667. The van der Waals surface area contributed by atoms with Gasteiger partial charge in [0.2, 0.25) is 0 Å². The molecule has 1 atom stereocenters. The Labute approximate surface area is 97.1 Å². The summed E-state index contributed by atoms with van der Waals surface area (Å²) in [5.74, 6) is 1.56. The second kappa shape index (κ2) is 5.37. The average molecular weight is 220 g/mol. The molecular formula is C12H20N4. The molecule has 1 fully saturated rings. The minimum Gasteiger partial charge on any atom is -0.319 e. The Bertz CT molecular complexity index is 340. The molecule has 1 saturated heterocycles. The molecule has 4 heteroatoms. The molecule has 0 spiro atoms. The van der Waals surface area contributed by atoms with Gasteiger partial charge in [-0.1, -0.05) is 0 Å². The Hall–Kier alpha value is -1.00. The van der Waals surface area contributed by atoms with Gasteiger partial charge in [0.05, 0.1) is 0 Å². The van der Waals surface area contributed by atoms with Crippen molar-refractivity contribution in [1.29, 1.82) is 0 Å². The van der Waals surface area contributed by atoms with Crippen LogP contribution in [0.2, 0.25) is 0 Å². The summed E-state index contributed by atoms with van der Waals surface area (Å²) in [4.78, 5) is 11.3. The monoisotopic (exact) mass is 220 g/mol. The Kier molecular flexibility index (Phi) is 3.85. The lowest BCUT2D eigenvalue weighted by Gasteiger charge is -2.10. The van der Waals surface area contributed by atoms with E-state index in [1.807, 2.05) is 13.2 Å². The number of hydrogen-bond donors (Lipinski definition) is 1. The maximum atomic E-state index is 4.65. The highest BCUT2D eigenvalue weighted by atomic mass is 15.1. The van der Waals surface area contributed by atoms with E-state index in [4.69, 9.17) is 0 Å². The van der Waals surface area contributed by atoms with Gasteiger partial charge in [-0.25, -0.2) is 9.97 Å². The number of nitrogens with zero attached hydrogens (tertiary/aromatic N) is 3. The van der Waals surface area contributed by atoms with Gasteiger partial charge in [-0.2, -0.15) is 0 Å². The first-order valence-electron chi connectivity index (χ1n) is 5.94.